The minimum absolute atomic E-state index is 0.0505. The number of hydrogen-bond donors (Lipinski definition) is 0. The first-order chi connectivity index (χ1) is 14.3. The summed E-state index contributed by atoms with van der Waals surface area (Å²) in [4.78, 5) is 5.25. The number of piperidine rings is 1. The van der Waals surface area contributed by atoms with Crippen molar-refractivity contribution in [3.05, 3.63) is 58.6 Å². The van der Waals surface area contributed by atoms with Crippen molar-refractivity contribution in [3.8, 4) is 0 Å². The number of halogens is 2. The average molecular weight is 454 g/mol. The number of rotatable bonds is 6. The second-order valence-electron chi connectivity index (χ2n) is 7.33. The molecule has 1 aromatic carbocycles. The molecule has 3 aromatic rings. The van der Waals surface area contributed by atoms with E-state index in [1.165, 1.54) is 6.33 Å². The fourth-order valence-corrected chi connectivity index (χ4v) is 6.05. The summed E-state index contributed by atoms with van der Waals surface area (Å²) in [7, 11) is -2.21. The van der Waals surface area contributed by atoms with Crippen LogP contribution in [-0.4, -0.2) is 39.0 Å². The molecule has 0 N–H and O–H groups in total. The summed E-state index contributed by atoms with van der Waals surface area (Å²) in [5, 5.41) is 4.44. The van der Waals surface area contributed by atoms with Gasteiger partial charge in [0.25, 0.3) is 0 Å². The summed E-state index contributed by atoms with van der Waals surface area (Å²) in [5.41, 5.74) is 1.16. The van der Waals surface area contributed by atoms with E-state index in [4.69, 9.17) is 0 Å². The summed E-state index contributed by atoms with van der Waals surface area (Å²) in [5.74, 6) is -2.20. The Morgan fingerprint density at radius 2 is 2.07 bits per heavy atom. The molecule has 0 aliphatic carbocycles. The number of aryl methyl sites for hydroxylation is 1. The van der Waals surface area contributed by atoms with Gasteiger partial charge in [-0.2, -0.15) is 9.47 Å². The highest BCUT2D eigenvalue weighted by molar-refractivity contribution is 7.90. The van der Waals surface area contributed by atoms with Gasteiger partial charge in [-0.15, -0.1) is 0 Å². The summed E-state index contributed by atoms with van der Waals surface area (Å²) >= 11 is 0.911. The Morgan fingerprint density at radius 3 is 2.77 bits per heavy atom. The van der Waals surface area contributed by atoms with Gasteiger partial charge in [-0.1, -0.05) is 6.42 Å². The van der Waals surface area contributed by atoms with Crippen LogP contribution in [0, 0.1) is 11.6 Å². The average Bonchev–Trinajstić information content (AvgIpc) is 3.36. The molecule has 0 amide bonds. The number of nitrogens with zero attached hydrogens (tertiary/aromatic N) is 5. The lowest BCUT2D eigenvalue weighted by Gasteiger charge is -2.35. The molecule has 11 heteroatoms. The van der Waals surface area contributed by atoms with Crippen molar-refractivity contribution in [2.45, 2.75) is 42.5 Å². The molecular weight excluding hydrogens is 432 g/mol. The Labute approximate surface area is 177 Å². The standard InChI is InChI=1S/C19H21F2N5O2S2/c1-25-16(5-6-23-25)17-4-2-3-7-26(17)10-13-8-15(21)18(9-14(13)20)30(27,28)11-19-22-12-24-29-19/h5-6,8-9,12,17H,2-4,7,10-11H2,1H3/t17-/m1/s1. The van der Waals surface area contributed by atoms with Crippen molar-refractivity contribution in [2.75, 3.05) is 6.54 Å². The zero-order chi connectivity index (χ0) is 21.3. The van der Waals surface area contributed by atoms with Gasteiger partial charge in [0.1, 0.15) is 33.6 Å². The van der Waals surface area contributed by atoms with Crippen LogP contribution >= 0.6 is 11.5 Å². The second-order valence-corrected chi connectivity index (χ2v) is 10.2. The predicted octanol–water partition coefficient (Wildman–Crippen LogP) is 3.25. The fourth-order valence-electron chi connectivity index (χ4n) is 3.87. The number of hydrogen-bond acceptors (Lipinski definition) is 7. The van der Waals surface area contributed by atoms with E-state index >= 15 is 0 Å². The third-order valence-electron chi connectivity index (χ3n) is 5.34. The Bertz CT molecular complexity index is 1130. The highest BCUT2D eigenvalue weighted by Gasteiger charge is 2.28. The molecule has 0 radical (unpaired) electrons. The van der Waals surface area contributed by atoms with Crippen molar-refractivity contribution in [2.24, 2.45) is 7.05 Å². The van der Waals surface area contributed by atoms with Gasteiger partial charge in [-0.3, -0.25) is 9.58 Å². The largest absolute Gasteiger partial charge is 0.290 e. The van der Waals surface area contributed by atoms with Crippen LogP contribution in [0.3, 0.4) is 0 Å². The first kappa shape index (κ1) is 21.0. The molecule has 0 saturated carbocycles. The van der Waals surface area contributed by atoms with Crippen LogP contribution in [-0.2, 0) is 29.2 Å². The lowest BCUT2D eigenvalue weighted by atomic mass is 9.98. The molecule has 1 fully saturated rings. The van der Waals surface area contributed by atoms with Gasteiger partial charge in [-0.05, 0) is 49.1 Å². The molecule has 3 heterocycles. The van der Waals surface area contributed by atoms with Gasteiger partial charge in [0.05, 0.1) is 11.7 Å². The van der Waals surface area contributed by atoms with Crippen LogP contribution < -0.4 is 0 Å². The topological polar surface area (TPSA) is 81.0 Å². The van der Waals surface area contributed by atoms with Crippen molar-refractivity contribution in [1.82, 2.24) is 24.0 Å². The Kier molecular flexibility index (Phi) is 5.94. The molecule has 1 aliphatic heterocycles. The number of aromatic nitrogens is 4. The number of likely N-dealkylation sites (tertiary alicyclic amines) is 1. The molecule has 0 bridgehead atoms. The van der Waals surface area contributed by atoms with E-state index in [0.717, 1.165) is 55.2 Å². The van der Waals surface area contributed by atoms with Crippen molar-refractivity contribution >= 4 is 21.4 Å². The minimum atomic E-state index is -4.07. The maximum absolute atomic E-state index is 14.8. The predicted molar refractivity (Wildman–Crippen MR) is 107 cm³/mol. The van der Waals surface area contributed by atoms with Crippen molar-refractivity contribution in [3.63, 3.8) is 0 Å². The highest BCUT2D eigenvalue weighted by atomic mass is 32.2. The Morgan fingerprint density at radius 1 is 1.23 bits per heavy atom. The lowest BCUT2D eigenvalue weighted by molar-refractivity contribution is 0.132. The molecule has 30 heavy (non-hydrogen) atoms. The number of benzene rings is 1. The molecule has 4 rings (SSSR count). The van der Waals surface area contributed by atoms with E-state index in [2.05, 4.69) is 19.4 Å². The van der Waals surface area contributed by atoms with Crippen LogP contribution in [0.15, 0.2) is 35.6 Å². The molecule has 1 atom stereocenters. The van der Waals surface area contributed by atoms with Gasteiger partial charge in [-0.25, -0.2) is 22.2 Å². The summed E-state index contributed by atoms with van der Waals surface area (Å²) in [6.07, 6.45) is 5.86. The molecule has 2 aromatic heterocycles. The van der Waals surface area contributed by atoms with Gasteiger partial charge >= 0.3 is 0 Å². The smallest absolute Gasteiger partial charge is 0.187 e. The zero-order valence-electron chi connectivity index (χ0n) is 16.3. The summed E-state index contributed by atoms with van der Waals surface area (Å²) in [6.45, 7) is 0.934. The number of sulfone groups is 1. The third-order valence-corrected chi connectivity index (χ3v) is 7.82. The van der Waals surface area contributed by atoms with Crippen LogP contribution in [0.4, 0.5) is 8.78 Å². The van der Waals surface area contributed by atoms with Gasteiger partial charge in [0.2, 0.25) is 0 Å². The normalized spacial score (nSPS) is 18.0. The minimum Gasteiger partial charge on any atom is -0.290 e. The van der Waals surface area contributed by atoms with Crippen LogP contribution in [0.25, 0.3) is 0 Å². The van der Waals surface area contributed by atoms with Crippen LogP contribution in [0.1, 0.15) is 41.6 Å². The first-order valence-electron chi connectivity index (χ1n) is 9.53. The molecule has 1 aliphatic rings. The van der Waals surface area contributed by atoms with E-state index in [9.17, 15) is 17.2 Å². The molecular formula is C19H21F2N5O2S2. The SMILES string of the molecule is Cn1nccc1[C@H]1CCCCN1Cc1cc(F)c(S(=O)(=O)Cc2ncns2)cc1F. The quantitative estimate of drug-likeness (QED) is 0.570. The maximum Gasteiger partial charge on any atom is 0.187 e. The van der Waals surface area contributed by atoms with E-state index in [0.29, 0.717) is 0 Å². The van der Waals surface area contributed by atoms with Gasteiger partial charge < -0.3 is 0 Å². The van der Waals surface area contributed by atoms with E-state index < -0.39 is 32.1 Å². The van der Waals surface area contributed by atoms with Crippen LogP contribution in [0.2, 0.25) is 0 Å². The van der Waals surface area contributed by atoms with Gasteiger partial charge in [0.15, 0.2) is 9.84 Å². The second kappa shape index (κ2) is 8.48. The summed E-state index contributed by atoms with van der Waals surface area (Å²) in [6, 6.07) is 3.76. The van der Waals surface area contributed by atoms with Crippen molar-refractivity contribution < 1.29 is 17.2 Å². The van der Waals surface area contributed by atoms with E-state index in [1.807, 2.05) is 13.1 Å². The molecule has 0 unspecified atom stereocenters. The first-order valence-corrected chi connectivity index (χ1v) is 12.0. The van der Waals surface area contributed by atoms with Gasteiger partial charge in [0, 0.05) is 25.4 Å². The zero-order valence-corrected chi connectivity index (χ0v) is 18.0. The van der Waals surface area contributed by atoms with Crippen molar-refractivity contribution in [1.29, 1.82) is 0 Å². The lowest BCUT2D eigenvalue weighted by Crippen LogP contribution is -2.34. The Hall–Kier alpha value is -2.24. The van der Waals surface area contributed by atoms with Crippen LogP contribution in [0.5, 0.6) is 0 Å². The molecule has 160 valence electrons. The van der Waals surface area contributed by atoms with E-state index in [1.54, 1.807) is 10.9 Å². The third kappa shape index (κ3) is 4.28. The maximum atomic E-state index is 14.8. The highest BCUT2D eigenvalue weighted by Crippen LogP contribution is 2.33. The molecule has 1 saturated heterocycles. The molecule has 0 spiro atoms. The Balaban J connectivity index is 1.59. The van der Waals surface area contributed by atoms with E-state index in [-0.39, 0.29) is 23.2 Å². The monoisotopic (exact) mass is 453 g/mol. The fraction of sp³-hybridized carbons (Fsp3) is 0.421. The summed E-state index contributed by atoms with van der Waals surface area (Å²) < 4.78 is 60.2. The molecule has 7 nitrogen and oxygen atoms in total.